The van der Waals surface area contributed by atoms with Crippen molar-refractivity contribution in [1.29, 1.82) is 0 Å². The molecule has 9 heteroatoms. The summed E-state index contributed by atoms with van der Waals surface area (Å²) in [6, 6.07) is 14.9. The van der Waals surface area contributed by atoms with Crippen molar-refractivity contribution in [2.45, 2.75) is 0 Å². The molecule has 0 fully saturated rings. The third-order valence-corrected chi connectivity index (χ3v) is 4.76. The summed E-state index contributed by atoms with van der Waals surface area (Å²) in [5, 5.41) is 21.0. The van der Waals surface area contributed by atoms with Crippen molar-refractivity contribution in [2.24, 2.45) is 10.2 Å². The average molecular weight is 500 g/mol. The molecule has 4 rings (SSSR count). The van der Waals surface area contributed by atoms with Crippen LogP contribution in [0.3, 0.4) is 0 Å². The minimum absolute atomic E-state index is 0.158. The lowest BCUT2D eigenvalue weighted by molar-refractivity contribution is 0.0989. The van der Waals surface area contributed by atoms with E-state index in [1.54, 1.807) is 24.3 Å². The Labute approximate surface area is 177 Å². The van der Waals surface area contributed by atoms with Gasteiger partial charge in [-0.25, -0.2) is 0 Å². The monoisotopic (exact) mass is 500 g/mol. The normalized spacial score (nSPS) is 11.2. The molecule has 8 nitrogen and oxygen atoms in total. The molecule has 0 unspecified atom stereocenters. The number of amides is 2. The van der Waals surface area contributed by atoms with Crippen molar-refractivity contribution in [3.63, 3.8) is 0 Å². The molecular weight excluding hydrogens is 487 g/mol. The highest BCUT2D eigenvalue weighted by Crippen LogP contribution is 2.36. The number of carbonyl (C=O) groups excluding carboxylic acids is 2. The number of furan rings is 1. The molecule has 3 N–H and O–H groups in total. The number of aromatic amines is 1. The predicted octanol–water partition coefficient (Wildman–Crippen LogP) is 5.25. The smallest absolute Gasteiger partial charge is 0.295 e. The van der Waals surface area contributed by atoms with Crippen LogP contribution in [0.1, 0.15) is 20.9 Å². The minimum atomic E-state index is -0.576. The van der Waals surface area contributed by atoms with E-state index in [9.17, 15) is 14.7 Å². The summed E-state index contributed by atoms with van der Waals surface area (Å²) < 4.78 is 5.99. The number of hydrogen-bond acceptors (Lipinski definition) is 5. The van der Waals surface area contributed by atoms with Crippen LogP contribution in [0.25, 0.3) is 10.9 Å². The van der Waals surface area contributed by atoms with Gasteiger partial charge in [0.2, 0.25) is 5.88 Å². The zero-order valence-corrected chi connectivity index (χ0v) is 16.9. The topological polar surface area (TPSA) is 120 Å². The molecule has 0 spiro atoms. The van der Waals surface area contributed by atoms with Crippen LogP contribution in [0, 0.1) is 3.57 Å². The van der Waals surface area contributed by atoms with Crippen molar-refractivity contribution in [2.75, 3.05) is 5.32 Å². The fraction of sp³-hybridized carbons (Fsp3) is 0. The van der Waals surface area contributed by atoms with Gasteiger partial charge in [-0.3, -0.25) is 9.59 Å². The molecule has 0 aliphatic rings. The van der Waals surface area contributed by atoms with Gasteiger partial charge in [0.1, 0.15) is 0 Å². The second-order valence-corrected chi connectivity index (χ2v) is 7.27. The number of rotatable bonds is 4. The number of halogens is 1. The summed E-state index contributed by atoms with van der Waals surface area (Å²) in [6.07, 6.45) is 1.41. The summed E-state index contributed by atoms with van der Waals surface area (Å²) in [5.74, 6) is -0.937. The summed E-state index contributed by atoms with van der Waals surface area (Å²) in [5.41, 5.74) is 1.69. The number of hydrogen-bond donors (Lipinski definition) is 3. The van der Waals surface area contributed by atoms with E-state index < -0.39 is 11.8 Å². The van der Waals surface area contributed by atoms with E-state index in [1.807, 2.05) is 18.2 Å². The number of nitrogens with one attached hydrogen (secondary N) is 2. The van der Waals surface area contributed by atoms with Gasteiger partial charge >= 0.3 is 0 Å². The van der Waals surface area contributed by atoms with E-state index in [2.05, 4.69) is 43.1 Å². The van der Waals surface area contributed by atoms with Gasteiger partial charge in [0, 0.05) is 20.2 Å². The highest BCUT2D eigenvalue weighted by molar-refractivity contribution is 14.1. The lowest BCUT2D eigenvalue weighted by atomic mass is 10.2. The molecule has 0 radical (unpaired) electrons. The Kier molecular flexibility index (Phi) is 5.12. The quantitative estimate of drug-likeness (QED) is 0.262. The third-order valence-electron chi connectivity index (χ3n) is 4.09. The standard InChI is InChI=1S/C20H13IN4O4/c21-12-5-8-15-14(10-12)17(20(28)23-15)24-25-18(26)11-3-6-13(7-4-11)22-19(27)16-2-1-9-29-16/h1-10,23,28H,(H,22,27). The Hall–Kier alpha value is -3.47. The first-order chi connectivity index (χ1) is 14.0. The average Bonchev–Trinajstić information content (AvgIpc) is 3.35. The van der Waals surface area contributed by atoms with Crippen molar-refractivity contribution < 1.29 is 19.1 Å². The highest BCUT2D eigenvalue weighted by Gasteiger charge is 2.13. The van der Waals surface area contributed by atoms with Gasteiger partial charge in [-0.2, -0.15) is 0 Å². The first-order valence-corrected chi connectivity index (χ1v) is 9.50. The largest absolute Gasteiger partial charge is 0.493 e. The molecule has 0 saturated carbocycles. The summed E-state index contributed by atoms with van der Waals surface area (Å²) in [6.45, 7) is 0. The molecule has 2 aromatic carbocycles. The number of H-pyrrole nitrogens is 1. The third kappa shape index (κ3) is 4.04. The molecule has 4 aromatic rings. The molecule has 0 atom stereocenters. The lowest BCUT2D eigenvalue weighted by Gasteiger charge is -2.03. The number of fused-ring (bicyclic) bond motifs is 1. The van der Waals surface area contributed by atoms with Crippen molar-refractivity contribution >= 4 is 56.7 Å². The fourth-order valence-corrected chi connectivity index (χ4v) is 3.18. The van der Waals surface area contributed by atoms with Crippen molar-refractivity contribution in [1.82, 2.24) is 4.98 Å². The van der Waals surface area contributed by atoms with Gasteiger partial charge in [0.25, 0.3) is 11.8 Å². The molecule has 2 amide bonds. The molecule has 29 heavy (non-hydrogen) atoms. The first kappa shape index (κ1) is 18.9. The molecule has 2 heterocycles. The minimum Gasteiger partial charge on any atom is -0.493 e. The van der Waals surface area contributed by atoms with Crippen LogP contribution in [0.15, 0.2) is 75.5 Å². The molecule has 0 bridgehead atoms. The summed E-state index contributed by atoms with van der Waals surface area (Å²) in [4.78, 5) is 27.1. The second-order valence-electron chi connectivity index (χ2n) is 6.03. The molecular formula is C20H13IN4O4. The Morgan fingerprint density at radius 2 is 1.90 bits per heavy atom. The van der Waals surface area contributed by atoms with Crippen LogP contribution < -0.4 is 5.32 Å². The van der Waals surface area contributed by atoms with Crippen molar-refractivity contribution in [3.05, 3.63) is 75.8 Å². The van der Waals surface area contributed by atoms with Gasteiger partial charge in [-0.1, -0.05) is 0 Å². The maximum Gasteiger partial charge on any atom is 0.295 e. The second kappa shape index (κ2) is 7.87. The summed E-state index contributed by atoms with van der Waals surface area (Å²) >= 11 is 2.15. The fourth-order valence-electron chi connectivity index (χ4n) is 2.69. The highest BCUT2D eigenvalue weighted by atomic mass is 127. The maximum atomic E-state index is 12.3. The summed E-state index contributed by atoms with van der Waals surface area (Å²) in [7, 11) is 0. The number of aromatic hydroxyl groups is 1. The maximum absolute atomic E-state index is 12.3. The Morgan fingerprint density at radius 3 is 2.62 bits per heavy atom. The SMILES string of the molecule is O=C(N=Nc1c(O)[nH]c2ccc(I)cc12)c1ccc(NC(=O)c2ccco2)cc1. The van der Waals surface area contributed by atoms with Gasteiger partial charge in [0.15, 0.2) is 11.4 Å². The first-order valence-electron chi connectivity index (χ1n) is 8.42. The molecule has 0 saturated heterocycles. The van der Waals surface area contributed by atoms with Crippen LogP contribution in [0.5, 0.6) is 5.88 Å². The van der Waals surface area contributed by atoms with E-state index in [0.717, 1.165) is 3.57 Å². The molecule has 144 valence electrons. The van der Waals surface area contributed by atoms with E-state index in [-0.39, 0.29) is 17.3 Å². The molecule has 0 aliphatic carbocycles. The number of carbonyl (C=O) groups is 2. The lowest BCUT2D eigenvalue weighted by Crippen LogP contribution is -2.10. The number of nitrogens with zero attached hydrogens (tertiary/aromatic N) is 2. The van der Waals surface area contributed by atoms with Crippen LogP contribution in [0.2, 0.25) is 0 Å². The van der Waals surface area contributed by atoms with E-state index in [0.29, 0.717) is 22.2 Å². The Morgan fingerprint density at radius 1 is 1.10 bits per heavy atom. The Balaban J connectivity index is 1.50. The van der Waals surface area contributed by atoms with Crippen LogP contribution in [0.4, 0.5) is 11.4 Å². The van der Waals surface area contributed by atoms with Gasteiger partial charge in [-0.05, 0) is 77.2 Å². The van der Waals surface area contributed by atoms with Crippen LogP contribution in [-0.2, 0) is 0 Å². The van der Waals surface area contributed by atoms with Crippen LogP contribution in [-0.4, -0.2) is 21.9 Å². The Bertz CT molecular complexity index is 1230. The number of anilines is 1. The number of azo groups is 1. The van der Waals surface area contributed by atoms with Gasteiger partial charge in [0.05, 0.1) is 11.8 Å². The van der Waals surface area contributed by atoms with Gasteiger partial charge in [-0.15, -0.1) is 10.2 Å². The van der Waals surface area contributed by atoms with E-state index in [1.165, 1.54) is 18.4 Å². The zero-order valence-electron chi connectivity index (χ0n) is 14.7. The molecule has 0 aliphatic heterocycles. The van der Waals surface area contributed by atoms with E-state index in [4.69, 9.17) is 4.42 Å². The number of benzene rings is 2. The molecule has 2 aromatic heterocycles. The van der Waals surface area contributed by atoms with Crippen LogP contribution >= 0.6 is 22.6 Å². The van der Waals surface area contributed by atoms with Gasteiger partial charge < -0.3 is 19.8 Å². The zero-order chi connectivity index (χ0) is 20.4. The van der Waals surface area contributed by atoms with E-state index >= 15 is 0 Å². The van der Waals surface area contributed by atoms with Crippen molar-refractivity contribution in [3.8, 4) is 5.88 Å². The predicted molar refractivity (Wildman–Crippen MR) is 115 cm³/mol. The number of aromatic nitrogens is 1.